The van der Waals surface area contributed by atoms with Gasteiger partial charge in [0.2, 0.25) is 5.89 Å². The number of ether oxygens (including phenoxy) is 1. The van der Waals surface area contributed by atoms with Crippen LogP contribution >= 0.6 is 0 Å². The van der Waals surface area contributed by atoms with Crippen LogP contribution < -0.4 is 10.1 Å². The quantitative estimate of drug-likeness (QED) is 0.619. The Morgan fingerprint density at radius 3 is 2.46 bits per heavy atom. The van der Waals surface area contributed by atoms with Gasteiger partial charge in [0.05, 0.1) is 13.2 Å². The lowest BCUT2D eigenvalue weighted by Gasteiger charge is -2.27. The van der Waals surface area contributed by atoms with Crippen molar-refractivity contribution < 1.29 is 13.9 Å². The molecular formula is C22H33N3O3. The fourth-order valence-electron chi connectivity index (χ4n) is 2.78. The number of hydrogen-bond acceptors (Lipinski definition) is 5. The third kappa shape index (κ3) is 6.37. The zero-order valence-corrected chi connectivity index (χ0v) is 17.7. The molecule has 0 fully saturated rings. The lowest BCUT2D eigenvalue weighted by atomic mass is 10.1. The van der Waals surface area contributed by atoms with Crippen molar-refractivity contribution in [2.75, 3.05) is 6.61 Å². The van der Waals surface area contributed by atoms with Crippen molar-refractivity contribution >= 4 is 5.91 Å². The average Bonchev–Trinajstić information content (AvgIpc) is 3.17. The lowest BCUT2D eigenvalue weighted by Crippen LogP contribution is -2.33. The fraction of sp³-hybridized carbons (Fsp3) is 0.545. The molecular weight excluding hydrogens is 354 g/mol. The van der Waals surface area contributed by atoms with Crippen molar-refractivity contribution in [3.8, 4) is 5.75 Å². The van der Waals surface area contributed by atoms with Crippen molar-refractivity contribution in [3.63, 3.8) is 0 Å². The second-order valence-corrected chi connectivity index (χ2v) is 7.15. The van der Waals surface area contributed by atoms with Crippen LogP contribution in [0.25, 0.3) is 0 Å². The van der Waals surface area contributed by atoms with Crippen LogP contribution in [0.15, 0.2) is 34.9 Å². The highest BCUT2D eigenvalue weighted by atomic mass is 16.5. The summed E-state index contributed by atoms with van der Waals surface area (Å²) in [5.41, 5.74) is 1.53. The van der Waals surface area contributed by atoms with E-state index in [1.807, 2.05) is 32.9 Å². The van der Waals surface area contributed by atoms with Gasteiger partial charge < -0.3 is 14.5 Å². The van der Waals surface area contributed by atoms with E-state index in [2.05, 4.69) is 41.2 Å². The topological polar surface area (TPSA) is 67.6 Å². The highest BCUT2D eigenvalue weighted by molar-refractivity contribution is 5.92. The molecule has 1 aromatic carbocycles. The van der Waals surface area contributed by atoms with Gasteiger partial charge in [0, 0.05) is 18.6 Å². The number of oxazole rings is 1. The van der Waals surface area contributed by atoms with Gasteiger partial charge in [-0.15, -0.1) is 0 Å². The van der Waals surface area contributed by atoms with Gasteiger partial charge in [0.25, 0.3) is 5.91 Å². The van der Waals surface area contributed by atoms with Gasteiger partial charge in [0.1, 0.15) is 12.0 Å². The minimum absolute atomic E-state index is 0.115. The molecule has 1 heterocycles. The normalized spacial score (nSPS) is 13.4. The van der Waals surface area contributed by atoms with E-state index in [0.717, 1.165) is 25.1 Å². The molecule has 0 aliphatic rings. The summed E-state index contributed by atoms with van der Waals surface area (Å²) in [5, 5.41) is 2.91. The zero-order valence-electron chi connectivity index (χ0n) is 17.7. The summed E-state index contributed by atoms with van der Waals surface area (Å²) < 4.78 is 11.1. The largest absolute Gasteiger partial charge is 0.494 e. The van der Waals surface area contributed by atoms with E-state index in [1.54, 1.807) is 0 Å². The summed E-state index contributed by atoms with van der Waals surface area (Å²) in [5.74, 6) is 1.25. The number of carbonyl (C=O) groups is 1. The Balaban J connectivity index is 2.05. The number of nitrogens with zero attached hydrogens (tertiary/aromatic N) is 2. The Hall–Kier alpha value is -2.34. The van der Waals surface area contributed by atoms with Crippen LogP contribution in [0, 0.1) is 0 Å². The third-order valence-electron chi connectivity index (χ3n) is 4.95. The monoisotopic (exact) mass is 387 g/mol. The van der Waals surface area contributed by atoms with Gasteiger partial charge in [-0.05, 0) is 51.3 Å². The van der Waals surface area contributed by atoms with Crippen LogP contribution in [0.1, 0.15) is 69.4 Å². The van der Waals surface area contributed by atoms with Crippen LogP contribution in [0.5, 0.6) is 5.75 Å². The van der Waals surface area contributed by atoms with Crippen molar-refractivity contribution in [3.05, 3.63) is 47.7 Å². The van der Waals surface area contributed by atoms with E-state index in [-0.39, 0.29) is 11.9 Å². The molecule has 0 aliphatic heterocycles. The molecule has 0 saturated heterocycles. The van der Waals surface area contributed by atoms with E-state index in [9.17, 15) is 4.79 Å². The number of aromatic nitrogens is 1. The third-order valence-corrected chi connectivity index (χ3v) is 4.95. The van der Waals surface area contributed by atoms with E-state index in [0.29, 0.717) is 30.8 Å². The van der Waals surface area contributed by atoms with E-state index >= 15 is 0 Å². The summed E-state index contributed by atoms with van der Waals surface area (Å²) >= 11 is 0. The first kappa shape index (κ1) is 22.0. The average molecular weight is 388 g/mol. The molecule has 2 atom stereocenters. The molecule has 1 aromatic heterocycles. The van der Waals surface area contributed by atoms with Gasteiger partial charge in [-0.3, -0.25) is 9.69 Å². The maximum atomic E-state index is 12.2. The predicted molar refractivity (Wildman–Crippen MR) is 110 cm³/mol. The molecule has 0 spiro atoms. The smallest absolute Gasteiger partial charge is 0.273 e. The van der Waals surface area contributed by atoms with Gasteiger partial charge in [0.15, 0.2) is 5.69 Å². The first-order valence-corrected chi connectivity index (χ1v) is 10.2. The Morgan fingerprint density at radius 1 is 1.14 bits per heavy atom. The highest BCUT2D eigenvalue weighted by Gasteiger charge is 2.19. The Labute approximate surface area is 168 Å². The molecule has 0 radical (unpaired) electrons. The van der Waals surface area contributed by atoms with Crippen molar-refractivity contribution in [2.45, 2.75) is 72.6 Å². The summed E-state index contributed by atoms with van der Waals surface area (Å²) in [4.78, 5) is 18.9. The Bertz CT molecular complexity index is 727. The maximum Gasteiger partial charge on any atom is 0.273 e. The standard InChI is InChI=1S/C22H33N3O3/c1-6-16(4)23-22(26)20-15-28-21(24-20)14-25(17(5)7-2)13-18-9-11-19(12-10-18)27-8-3/h9-12,15-17H,6-8,13-14H2,1-5H3,(H,23,26)/t16-,17-/m0/s1. The second-order valence-electron chi connectivity index (χ2n) is 7.15. The molecule has 0 aliphatic carbocycles. The fourth-order valence-corrected chi connectivity index (χ4v) is 2.78. The van der Waals surface area contributed by atoms with Gasteiger partial charge >= 0.3 is 0 Å². The molecule has 1 amide bonds. The first-order valence-electron chi connectivity index (χ1n) is 10.2. The summed E-state index contributed by atoms with van der Waals surface area (Å²) in [6.45, 7) is 12.3. The number of carbonyl (C=O) groups excluding carboxylic acids is 1. The molecule has 1 N–H and O–H groups in total. The molecule has 2 rings (SSSR count). The molecule has 0 bridgehead atoms. The molecule has 0 saturated carbocycles. The number of amides is 1. The Kier molecular flexibility index (Phi) is 8.51. The van der Waals surface area contributed by atoms with Crippen LogP contribution in [0.2, 0.25) is 0 Å². The molecule has 28 heavy (non-hydrogen) atoms. The first-order chi connectivity index (χ1) is 13.5. The number of hydrogen-bond donors (Lipinski definition) is 1. The second kappa shape index (κ2) is 10.9. The summed E-state index contributed by atoms with van der Waals surface area (Å²) in [6.07, 6.45) is 3.33. The number of benzene rings is 1. The highest BCUT2D eigenvalue weighted by Crippen LogP contribution is 2.18. The number of nitrogens with one attached hydrogen (secondary N) is 1. The minimum atomic E-state index is -0.189. The molecule has 0 unspecified atom stereocenters. The minimum Gasteiger partial charge on any atom is -0.494 e. The van der Waals surface area contributed by atoms with Crippen LogP contribution in [-0.4, -0.2) is 34.5 Å². The zero-order chi connectivity index (χ0) is 20.5. The van der Waals surface area contributed by atoms with Crippen molar-refractivity contribution in [2.24, 2.45) is 0 Å². The maximum absolute atomic E-state index is 12.2. The van der Waals surface area contributed by atoms with Crippen LogP contribution in [-0.2, 0) is 13.1 Å². The lowest BCUT2D eigenvalue weighted by molar-refractivity contribution is 0.0934. The van der Waals surface area contributed by atoms with E-state index < -0.39 is 0 Å². The summed E-state index contributed by atoms with van der Waals surface area (Å²) in [6, 6.07) is 8.63. The molecule has 154 valence electrons. The summed E-state index contributed by atoms with van der Waals surface area (Å²) in [7, 11) is 0. The predicted octanol–water partition coefficient (Wildman–Crippen LogP) is 4.40. The Morgan fingerprint density at radius 2 is 1.86 bits per heavy atom. The van der Waals surface area contributed by atoms with Gasteiger partial charge in [-0.1, -0.05) is 26.0 Å². The number of rotatable bonds is 11. The van der Waals surface area contributed by atoms with Crippen LogP contribution in [0.4, 0.5) is 0 Å². The van der Waals surface area contributed by atoms with Crippen molar-refractivity contribution in [1.29, 1.82) is 0 Å². The van der Waals surface area contributed by atoms with Crippen LogP contribution in [0.3, 0.4) is 0 Å². The van der Waals surface area contributed by atoms with Crippen molar-refractivity contribution in [1.82, 2.24) is 15.2 Å². The molecule has 6 nitrogen and oxygen atoms in total. The van der Waals surface area contributed by atoms with E-state index in [1.165, 1.54) is 11.8 Å². The molecule has 2 aromatic rings. The van der Waals surface area contributed by atoms with Gasteiger partial charge in [-0.2, -0.15) is 0 Å². The van der Waals surface area contributed by atoms with Gasteiger partial charge in [-0.25, -0.2) is 4.98 Å². The molecule has 6 heteroatoms. The van der Waals surface area contributed by atoms with E-state index in [4.69, 9.17) is 9.15 Å². The SMILES string of the molecule is CCOc1ccc(CN(Cc2nc(C(=O)N[C@@H](C)CC)co2)[C@@H](C)CC)cc1.